The second-order valence-electron chi connectivity index (χ2n) is 10.2. The highest BCUT2D eigenvalue weighted by Gasteiger charge is 2.34. The molecule has 3 heterocycles. The molecular weight excluding hydrogens is 484 g/mol. The lowest BCUT2D eigenvalue weighted by molar-refractivity contribution is -0.133. The molecule has 1 aromatic carbocycles. The van der Waals surface area contributed by atoms with E-state index in [0.717, 1.165) is 24.2 Å². The van der Waals surface area contributed by atoms with Gasteiger partial charge < -0.3 is 24.4 Å². The van der Waals surface area contributed by atoms with Gasteiger partial charge in [0, 0.05) is 38.8 Å². The average Bonchev–Trinajstić information content (AvgIpc) is 2.94. The maximum absolute atomic E-state index is 13.6. The van der Waals surface area contributed by atoms with Gasteiger partial charge in [0.1, 0.15) is 11.7 Å². The fourth-order valence-electron chi connectivity index (χ4n) is 4.63. The highest BCUT2D eigenvalue weighted by molar-refractivity contribution is 5.97. The van der Waals surface area contributed by atoms with E-state index >= 15 is 0 Å². The summed E-state index contributed by atoms with van der Waals surface area (Å²) in [5, 5.41) is 9.89. The number of carbonyl (C=O) groups excluding carboxylic acids is 2. The Kier molecular flexibility index (Phi) is 9.49. The summed E-state index contributed by atoms with van der Waals surface area (Å²) in [4.78, 5) is 36.6. The van der Waals surface area contributed by atoms with Crippen LogP contribution in [0.1, 0.15) is 35.3 Å². The van der Waals surface area contributed by atoms with Crippen molar-refractivity contribution in [3.63, 3.8) is 0 Å². The summed E-state index contributed by atoms with van der Waals surface area (Å²) in [7, 11) is 1.78. The van der Waals surface area contributed by atoms with Crippen LogP contribution in [0.2, 0.25) is 0 Å². The largest absolute Gasteiger partial charge is 0.472 e. The molecule has 38 heavy (non-hydrogen) atoms. The molecule has 2 aromatic rings. The first-order valence-corrected chi connectivity index (χ1v) is 13.2. The number of likely N-dealkylation sites (N-methyl/N-ethyl adjacent to an activating group) is 1. The summed E-state index contributed by atoms with van der Waals surface area (Å²) in [5.74, 6) is -0.0752. The predicted molar refractivity (Wildman–Crippen MR) is 146 cm³/mol. The molecule has 1 fully saturated rings. The molecule has 204 valence electrons. The van der Waals surface area contributed by atoms with Crippen LogP contribution in [0.15, 0.2) is 42.6 Å². The monoisotopic (exact) mass is 522 g/mol. The molecule has 1 aromatic heterocycles. The summed E-state index contributed by atoms with van der Waals surface area (Å²) in [6.07, 6.45) is 5.17. The van der Waals surface area contributed by atoms with Gasteiger partial charge in [-0.25, -0.2) is 4.98 Å². The summed E-state index contributed by atoms with van der Waals surface area (Å²) in [6.45, 7) is 7.50. The predicted octanol–water partition coefficient (Wildman–Crippen LogP) is 2.26. The lowest BCUT2D eigenvalue weighted by Gasteiger charge is -2.38. The van der Waals surface area contributed by atoms with Crippen LogP contribution < -0.4 is 4.74 Å². The zero-order chi connectivity index (χ0) is 27.1. The number of ether oxygens (including phenoxy) is 2. The number of carbonyl (C=O) groups is 2. The van der Waals surface area contributed by atoms with Gasteiger partial charge >= 0.3 is 0 Å². The molecule has 2 amide bonds. The van der Waals surface area contributed by atoms with Gasteiger partial charge in [0.2, 0.25) is 11.8 Å². The molecule has 0 spiro atoms. The zero-order valence-corrected chi connectivity index (χ0v) is 22.5. The van der Waals surface area contributed by atoms with Gasteiger partial charge in [-0.15, -0.1) is 0 Å². The van der Waals surface area contributed by atoms with Crippen molar-refractivity contribution in [1.29, 1.82) is 0 Å². The maximum atomic E-state index is 13.6. The van der Waals surface area contributed by atoms with E-state index in [4.69, 9.17) is 9.47 Å². The van der Waals surface area contributed by atoms with Crippen LogP contribution in [0.25, 0.3) is 12.2 Å². The summed E-state index contributed by atoms with van der Waals surface area (Å²) in [5.41, 5.74) is 2.15. The second kappa shape index (κ2) is 13.0. The molecule has 0 bridgehead atoms. The number of benzene rings is 1. The molecule has 2 aliphatic rings. The van der Waals surface area contributed by atoms with Gasteiger partial charge in [0.25, 0.3) is 5.91 Å². The third-order valence-electron chi connectivity index (χ3n) is 7.15. The van der Waals surface area contributed by atoms with Crippen molar-refractivity contribution in [2.75, 3.05) is 59.6 Å². The van der Waals surface area contributed by atoms with E-state index in [0.29, 0.717) is 38.4 Å². The van der Waals surface area contributed by atoms with Crippen molar-refractivity contribution in [3.8, 4) is 5.88 Å². The molecule has 0 unspecified atom stereocenters. The number of hydrogen-bond acceptors (Lipinski definition) is 7. The fourth-order valence-corrected chi connectivity index (χ4v) is 4.63. The highest BCUT2D eigenvalue weighted by atomic mass is 16.5. The highest BCUT2D eigenvalue weighted by Crippen LogP contribution is 2.28. The van der Waals surface area contributed by atoms with Crippen LogP contribution in [0, 0.1) is 5.92 Å². The number of fused-ring (bicyclic) bond motifs is 1. The number of rotatable bonds is 8. The molecular formula is C29H38N4O5. The third-order valence-corrected chi connectivity index (χ3v) is 7.15. The Morgan fingerprint density at radius 2 is 1.92 bits per heavy atom. The molecule has 4 rings (SSSR count). The lowest BCUT2D eigenvalue weighted by Crippen LogP contribution is -2.51. The SMILES string of the molecule is C[C@@H]1CN([C@H](C)CO)C(=O)c2cc(/C=C/c3ccccc3)cnc2O[C@@H]1CN(C)C(=O)CN1CCOCC1. The quantitative estimate of drug-likeness (QED) is 0.568. The first-order chi connectivity index (χ1) is 18.4. The molecule has 0 radical (unpaired) electrons. The second-order valence-corrected chi connectivity index (χ2v) is 10.2. The molecule has 2 aliphatic heterocycles. The fraction of sp³-hybridized carbons (Fsp3) is 0.483. The van der Waals surface area contributed by atoms with Crippen LogP contribution in [-0.2, 0) is 9.53 Å². The van der Waals surface area contributed by atoms with Crippen LogP contribution in [0.5, 0.6) is 5.88 Å². The first kappa shape index (κ1) is 27.8. The normalized spacial score (nSPS) is 21.4. The van der Waals surface area contributed by atoms with Crippen molar-refractivity contribution >= 4 is 24.0 Å². The number of hydrogen-bond donors (Lipinski definition) is 1. The van der Waals surface area contributed by atoms with E-state index in [1.165, 1.54) is 0 Å². The number of pyridine rings is 1. The van der Waals surface area contributed by atoms with E-state index in [1.54, 1.807) is 29.1 Å². The summed E-state index contributed by atoms with van der Waals surface area (Å²) in [6, 6.07) is 11.3. The number of aliphatic hydroxyl groups excluding tert-OH is 1. The number of amides is 2. The summed E-state index contributed by atoms with van der Waals surface area (Å²) < 4.78 is 11.7. The first-order valence-electron chi connectivity index (χ1n) is 13.2. The Morgan fingerprint density at radius 1 is 1.21 bits per heavy atom. The molecule has 1 saturated heterocycles. The topological polar surface area (TPSA) is 95.4 Å². The van der Waals surface area contributed by atoms with Crippen LogP contribution in [0.3, 0.4) is 0 Å². The van der Waals surface area contributed by atoms with Gasteiger partial charge in [-0.1, -0.05) is 49.4 Å². The van der Waals surface area contributed by atoms with Crippen molar-refractivity contribution in [3.05, 3.63) is 59.3 Å². The molecule has 9 heteroatoms. The zero-order valence-electron chi connectivity index (χ0n) is 22.5. The lowest BCUT2D eigenvalue weighted by atomic mass is 9.99. The maximum Gasteiger partial charge on any atom is 0.259 e. The minimum absolute atomic E-state index is 0.0102. The van der Waals surface area contributed by atoms with Crippen LogP contribution in [-0.4, -0.2) is 108 Å². The molecule has 1 N–H and O–H groups in total. The minimum Gasteiger partial charge on any atom is -0.472 e. The number of aliphatic hydroxyl groups is 1. The average molecular weight is 523 g/mol. The molecule has 9 nitrogen and oxygen atoms in total. The van der Waals surface area contributed by atoms with Gasteiger partial charge in [0.15, 0.2) is 0 Å². The molecule has 0 aliphatic carbocycles. The number of nitrogens with zero attached hydrogens (tertiary/aromatic N) is 4. The third kappa shape index (κ3) is 6.98. The number of morpholine rings is 1. The van der Waals surface area contributed by atoms with E-state index in [1.807, 2.05) is 56.3 Å². The van der Waals surface area contributed by atoms with Crippen molar-refractivity contribution in [2.24, 2.45) is 5.92 Å². The molecule has 3 atom stereocenters. The van der Waals surface area contributed by atoms with Gasteiger partial charge in [-0.3, -0.25) is 14.5 Å². The summed E-state index contributed by atoms with van der Waals surface area (Å²) >= 11 is 0. The standard InChI is InChI=1S/C29H38N4O5/c1-21-17-33(22(2)20-34)29(36)25-15-24(10-9-23-7-5-4-6-8-23)16-30-28(25)38-26(21)18-31(3)27(35)19-32-11-13-37-14-12-32/h4-10,15-16,21-22,26,34H,11-14,17-20H2,1-3H3/b10-9+/t21-,22-,26-/m1/s1. The van der Waals surface area contributed by atoms with Gasteiger partial charge in [-0.2, -0.15) is 0 Å². The van der Waals surface area contributed by atoms with E-state index in [2.05, 4.69) is 9.88 Å². The van der Waals surface area contributed by atoms with Crippen molar-refractivity contribution in [1.82, 2.24) is 19.7 Å². The number of aromatic nitrogens is 1. The van der Waals surface area contributed by atoms with E-state index in [-0.39, 0.29) is 42.4 Å². The van der Waals surface area contributed by atoms with E-state index < -0.39 is 0 Å². The van der Waals surface area contributed by atoms with Crippen molar-refractivity contribution in [2.45, 2.75) is 26.0 Å². The minimum atomic E-state index is -0.382. The Morgan fingerprint density at radius 3 is 2.63 bits per heavy atom. The van der Waals surface area contributed by atoms with Crippen molar-refractivity contribution < 1.29 is 24.2 Å². The smallest absolute Gasteiger partial charge is 0.259 e. The van der Waals surface area contributed by atoms with Gasteiger partial charge in [-0.05, 0) is 24.1 Å². The van der Waals surface area contributed by atoms with Crippen LogP contribution in [0.4, 0.5) is 0 Å². The van der Waals surface area contributed by atoms with E-state index in [9.17, 15) is 14.7 Å². The Bertz CT molecular complexity index is 1120. The Hall–Kier alpha value is -3.27. The Balaban J connectivity index is 1.56. The Labute approximate surface area is 224 Å². The molecule has 0 saturated carbocycles. The van der Waals surface area contributed by atoms with Gasteiger partial charge in [0.05, 0.1) is 39.0 Å². The van der Waals surface area contributed by atoms with Crippen LogP contribution >= 0.6 is 0 Å².